The first kappa shape index (κ1) is 24.5. The minimum absolute atomic E-state index is 0.00230. The number of carbonyl (C=O) groups excluding carboxylic acids is 2. The zero-order valence-electron chi connectivity index (χ0n) is 19.6. The van der Waals surface area contributed by atoms with Gasteiger partial charge in [0.2, 0.25) is 0 Å². The summed E-state index contributed by atoms with van der Waals surface area (Å²) in [5.41, 5.74) is 1.46. The van der Waals surface area contributed by atoms with Crippen LogP contribution in [0.25, 0.3) is 11.1 Å². The summed E-state index contributed by atoms with van der Waals surface area (Å²) in [5.74, 6) is 0.0693. The Bertz CT molecular complexity index is 1240. The van der Waals surface area contributed by atoms with Crippen LogP contribution in [0.4, 0.5) is 13.2 Å². The lowest BCUT2D eigenvalue weighted by Crippen LogP contribution is -2.38. The first-order chi connectivity index (χ1) is 17.3. The van der Waals surface area contributed by atoms with Crippen molar-refractivity contribution in [3.05, 3.63) is 75.7 Å². The van der Waals surface area contributed by atoms with Gasteiger partial charge in [-0.3, -0.25) is 9.59 Å². The Labute approximate surface area is 211 Å². The van der Waals surface area contributed by atoms with E-state index in [-0.39, 0.29) is 17.7 Å². The predicted molar refractivity (Wildman–Crippen MR) is 132 cm³/mol. The lowest BCUT2D eigenvalue weighted by Gasteiger charge is -2.31. The number of aromatic nitrogens is 1. The Hall–Kier alpha value is -3.20. The van der Waals surface area contributed by atoms with E-state index < -0.39 is 11.7 Å². The van der Waals surface area contributed by atoms with E-state index in [1.165, 1.54) is 23.5 Å². The molecule has 0 unspecified atom stereocenters. The van der Waals surface area contributed by atoms with Crippen LogP contribution in [-0.4, -0.2) is 52.8 Å². The Kier molecular flexibility index (Phi) is 6.83. The normalized spacial score (nSPS) is 17.0. The Balaban J connectivity index is 1.26. The summed E-state index contributed by atoms with van der Waals surface area (Å²) in [4.78, 5) is 34.3. The molecule has 3 heterocycles. The van der Waals surface area contributed by atoms with Gasteiger partial charge in [0.15, 0.2) is 0 Å². The number of piperidine rings is 1. The molecule has 36 heavy (non-hydrogen) atoms. The minimum atomic E-state index is -4.40. The third kappa shape index (κ3) is 5.02. The Morgan fingerprint density at radius 2 is 1.50 bits per heavy atom. The number of rotatable bonds is 4. The highest BCUT2D eigenvalue weighted by Crippen LogP contribution is 2.34. The number of hydrogen-bond acceptors (Lipinski definition) is 4. The highest BCUT2D eigenvalue weighted by Gasteiger charge is 2.31. The van der Waals surface area contributed by atoms with Crippen LogP contribution in [0.3, 0.4) is 0 Å². The van der Waals surface area contributed by atoms with Crippen LogP contribution in [0.2, 0.25) is 0 Å². The second kappa shape index (κ2) is 10.0. The van der Waals surface area contributed by atoms with Gasteiger partial charge >= 0.3 is 6.18 Å². The number of amides is 2. The molecule has 0 bridgehead atoms. The molecule has 1 aromatic heterocycles. The maximum Gasteiger partial charge on any atom is 0.416 e. The maximum absolute atomic E-state index is 13.4. The highest BCUT2D eigenvalue weighted by atomic mass is 32.1. The highest BCUT2D eigenvalue weighted by molar-refractivity contribution is 7.09. The van der Waals surface area contributed by atoms with Crippen molar-refractivity contribution in [1.29, 1.82) is 0 Å². The molecule has 9 heteroatoms. The van der Waals surface area contributed by atoms with E-state index in [1.54, 1.807) is 29.2 Å². The van der Waals surface area contributed by atoms with E-state index in [9.17, 15) is 22.8 Å². The van der Waals surface area contributed by atoms with Crippen molar-refractivity contribution in [3.63, 3.8) is 0 Å². The van der Waals surface area contributed by atoms with Crippen molar-refractivity contribution >= 4 is 23.2 Å². The summed E-state index contributed by atoms with van der Waals surface area (Å²) in [6, 6.07) is 11.9. The van der Waals surface area contributed by atoms with Crippen LogP contribution < -0.4 is 0 Å². The quantitative estimate of drug-likeness (QED) is 0.425. The zero-order chi connectivity index (χ0) is 25.3. The van der Waals surface area contributed by atoms with E-state index in [2.05, 4.69) is 4.98 Å². The van der Waals surface area contributed by atoms with Crippen LogP contribution in [0.1, 0.15) is 63.0 Å². The molecule has 0 radical (unpaired) electrons. The molecule has 188 valence electrons. The molecule has 0 atom stereocenters. The van der Waals surface area contributed by atoms with E-state index in [1.807, 2.05) is 10.3 Å². The lowest BCUT2D eigenvalue weighted by atomic mass is 9.94. The van der Waals surface area contributed by atoms with Gasteiger partial charge in [0.05, 0.1) is 10.6 Å². The number of hydrogen-bond donors (Lipinski definition) is 0. The number of likely N-dealkylation sites (tertiary alicyclic amines) is 2. The number of halogens is 3. The zero-order valence-corrected chi connectivity index (χ0v) is 20.4. The Morgan fingerprint density at radius 3 is 2.17 bits per heavy atom. The van der Waals surface area contributed by atoms with Crippen LogP contribution in [0.5, 0.6) is 0 Å². The molecule has 0 aliphatic carbocycles. The van der Waals surface area contributed by atoms with Crippen molar-refractivity contribution < 1.29 is 22.8 Å². The molecule has 5 nitrogen and oxygen atoms in total. The van der Waals surface area contributed by atoms with Crippen molar-refractivity contribution in [2.45, 2.75) is 37.8 Å². The van der Waals surface area contributed by atoms with Gasteiger partial charge in [-0.2, -0.15) is 13.2 Å². The molecule has 0 saturated carbocycles. The van der Waals surface area contributed by atoms with Crippen LogP contribution in [0.15, 0.2) is 53.9 Å². The van der Waals surface area contributed by atoms with Gasteiger partial charge in [0.25, 0.3) is 11.8 Å². The largest absolute Gasteiger partial charge is 0.416 e. The molecule has 2 fully saturated rings. The first-order valence-electron chi connectivity index (χ1n) is 12.1. The number of thiazole rings is 1. The standard InChI is InChI=1S/C27H26F3N3O2S/c28-27(29,30)20-9-7-18(8-10-20)21-5-1-2-6-22(21)25(34)33-15-11-19(12-16-33)24-31-23(17-36-24)26(35)32-13-3-4-14-32/h1-2,5-10,17,19H,3-4,11-16H2. The van der Waals surface area contributed by atoms with Gasteiger partial charge in [0.1, 0.15) is 5.69 Å². The van der Waals surface area contributed by atoms with Crippen molar-refractivity contribution in [3.8, 4) is 11.1 Å². The summed E-state index contributed by atoms with van der Waals surface area (Å²) >= 11 is 1.51. The van der Waals surface area contributed by atoms with Gasteiger partial charge in [0, 0.05) is 43.0 Å². The fourth-order valence-corrected chi connectivity index (χ4v) is 5.88. The van der Waals surface area contributed by atoms with Crippen molar-refractivity contribution in [2.24, 2.45) is 0 Å². The summed E-state index contributed by atoms with van der Waals surface area (Å²) in [5, 5.41) is 2.78. The van der Waals surface area contributed by atoms with Gasteiger partial charge in [-0.1, -0.05) is 30.3 Å². The summed E-state index contributed by atoms with van der Waals surface area (Å²) in [7, 11) is 0. The monoisotopic (exact) mass is 513 g/mol. The minimum Gasteiger partial charge on any atom is -0.339 e. The molecule has 2 saturated heterocycles. The molecule has 2 aromatic carbocycles. The van der Waals surface area contributed by atoms with Crippen molar-refractivity contribution in [2.75, 3.05) is 26.2 Å². The fraction of sp³-hybridized carbons (Fsp3) is 0.370. The van der Waals surface area contributed by atoms with Gasteiger partial charge < -0.3 is 9.80 Å². The number of alkyl halides is 3. The molecule has 2 aliphatic rings. The van der Waals surface area contributed by atoms with Gasteiger partial charge in [-0.25, -0.2) is 4.98 Å². The second-order valence-electron chi connectivity index (χ2n) is 9.26. The SMILES string of the molecule is O=C(c1csc(C2CCN(C(=O)c3ccccc3-c3ccc(C(F)(F)F)cc3)CC2)n1)N1CCCC1. The van der Waals surface area contributed by atoms with Gasteiger partial charge in [-0.05, 0) is 55.0 Å². The van der Waals surface area contributed by atoms with E-state index in [0.717, 1.165) is 55.9 Å². The van der Waals surface area contributed by atoms with Crippen LogP contribution in [0, 0.1) is 0 Å². The lowest BCUT2D eigenvalue weighted by molar-refractivity contribution is -0.137. The summed E-state index contributed by atoms with van der Waals surface area (Å²) in [6.07, 6.45) is -0.829. The average Bonchev–Trinajstić information content (AvgIpc) is 3.61. The van der Waals surface area contributed by atoms with Crippen LogP contribution >= 0.6 is 11.3 Å². The van der Waals surface area contributed by atoms with E-state index in [0.29, 0.717) is 35.5 Å². The molecule has 0 N–H and O–H groups in total. The molecule has 2 amide bonds. The van der Waals surface area contributed by atoms with E-state index in [4.69, 9.17) is 0 Å². The van der Waals surface area contributed by atoms with Crippen molar-refractivity contribution in [1.82, 2.24) is 14.8 Å². The smallest absolute Gasteiger partial charge is 0.339 e. The average molecular weight is 514 g/mol. The number of carbonyl (C=O) groups is 2. The molecule has 2 aliphatic heterocycles. The first-order valence-corrected chi connectivity index (χ1v) is 13.0. The third-order valence-electron chi connectivity index (χ3n) is 6.95. The number of benzene rings is 2. The van der Waals surface area contributed by atoms with E-state index >= 15 is 0 Å². The maximum atomic E-state index is 13.4. The Morgan fingerprint density at radius 1 is 0.861 bits per heavy atom. The molecule has 0 spiro atoms. The second-order valence-corrected chi connectivity index (χ2v) is 10.1. The molecular formula is C27H26F3N3O2S. The number of nitrogens with zero attached hydrogens (tertiary/aromatic N) is 3. The predicted octanol–water partition coefficient (Wildman–Crippen LogP) is 6.08. The third-order valence-corrected chi connectivity index (χ3v) is 7.95. The molecular weight excluding hydrogens is 487 g/mol. The summed E-state index contributed by atoms with van der Waals surface area (Å²) in [6.45, 7) is 2.69. The fourth-order valence-electron chi connectivity index (χ4n) is 4.92. The van der Waals surface area contributed by atoms with Gasteiger partial charge in [-0.15, -0.1) is 11.3 Å². The summed E-state index contributed by atoms with van der Waals surface area (Å²) < 4.78 is 38.9. The van der Waals surface area contributed by atoms with Crippen LogP contribution in [-0.2, 0) is 6.18 Å². The molecule has 5 rings (SSSR count). The molecule has 3 aromatic rings. The topological polar surface area (TPSA) is 53.5 Å².